The molecule has 0 saturated carbocycles. The lowest BCUT2D eigenvalue weighted by Gasteiger charge is -2.44. The average molecular weight is 692 g/mol. The summed E-state index contributed by atoms with van der Waals surface area (Å²) >= 11 is 0. The van der Waals surface area contributed by atoms with Gasteiger partial charge in [0, 0.05) is 51.2 Å². The van der Waals surface area contributed by atoms with Crippen LogP contribution in [0.2, 0.25) is 0 Å². The Morgan fingerprint density at radius 2 is 0.907 bits per heavy atom. The molecule has 256 valence electrons. The van der Waals surface area contributed by atoms with Crippen molar-refractivity contribution >= 4 is 74.3 Å². The van der Waals surface area contributed by atoms with E-state index in [2.05, 4.69) is 223 Å². The molecule has 54 heavy (non-hydrogen) atoms. The minimum atomic E-state index is 0.0178. The molecule has 0 radical (unpaired) electrons. The maximum Gasteiger partial charge on any atom is 0.252 e. The minimum Gasteiger partial charge on any atom is -0.311 e. The molecule has 0 amide bonds. The number of hydrogen-bond donors (Lipinski definition) is 0. The topological polar surface area (TPSA) is 9.72 Å². The molecule has 0 bridgehead atoms. The fraction of sp³-hybridized carbons (Fsp3) is 0.0400. The fourth-order valence-electron chi connectivity index (χ4n) is 8.42. The second-order valence-electron chi connectivity index (χ2n) is 14.4. The molecule has 2 aliphatic heterocycles. The number of nitrogens with zero attached hydrogens (tertiary/aromatic N) is 3. The predicted octanol–water partition coefficient (Wildman–Crippen LogP) is 11.5. The van der Waals surface area contributed by atoms with E-state index in [4.69, 9.17) is 0 Å². The Bertz CT molecular complexity index is 2580. The van der Waals surface area contributed by atoms with Crippen LogP contribution in [0.25, 0.3) is 11.1 Å². The lowest BCUT2D eigenvalue weighted by molar-refractivity contribution is 1.24. The van der Waals surface area contributed by atoms with Crippen LogP contribution in [0.15, 0.2) is 194 Å². The van der Waals surface area contributed by atoms with Gasteiger partial charge in [0.05, 0.1) is 0 Å². The first-order valence-corrected chi connectivity index (χ1v) is 18.7. The summed E-state index contributed by atoms with van der Waals surface area (Å²) in [5, 5.41) is 0. The van der Waals surface area contributed by atoms with E-state index in [9.17, 15) is 0 Å². The summed E-state index contributed by atoms with van der Waals surface area (Å²) < 4.78 is 0. The summed E-state index contributed by atoms with van der Waals surface area (Å²) in [4.78, 5) is 7.31. The van der Waals surface area contributed by atoms with Crippen molar-refractivity contribution in [3.63, 3.8) is 0 Å². The predicted molar refractivity (Wildman–Crippen MR) is 230 cm³/mol. The van der Waals surface area contributed by atoms with Crippen molar-refractivity contribution in [1.29, 1.82) is 0 Å². The lowest BCUT2D eigenvalue weighted by atomic mass is 9.33. The fourth-order valence-corrected chi connectivity index (χ4v) is 8.42. The van der Waals surface area contributed by atoms with E-state index in [1.54, 1.807) is 0 Å². The Labute approximate surface area is 318 Å². The molecular weight excluding hydrogens is 653 g/mol. The van der Waals surface area contributed by atoms with Gasteiger partial charge in [-0.05, 0) is 120 Å². The Morgan fingerprint density at radius 3 is 1.54 bits per heavy atom. The number of aryl methyl sites for hydroxylation is 2. The van der Waals surface area contributed by atoms with Crippen LogP contribution in [0.5, 0.6) is 0 Å². The number of para-hydroxylation sites is 3. The van der Waals surface area contributed by atoms with Crippen LogP contribution in [-0.2, 0) is 0 Å². The van der Waals surface area contributed by atoms with E-state index < -0.39 is 0 Å². The van der Waals surface area contributed by atoms with Gasteiger partial charge in [-0.15, -0.1) is 0 Å². The third kappa shape index (κ3) is 5.30. The highest BCUT2D eigenvalue weighted by atomic mass is 15.2. The molecule has 0 fully saturated rings. The van der Waals surface area contributed by atoms with Crippen LogP contribution < -0.4 is 31.1 Å². The van der Waals surface area contributed by atoms with Crippen LogP contribution in [0, 0.1) is 13.8 Å². The molecule has 8 aromatic carbocycles. The molecule has 0 aliphatic carbocycles. The maximum atomic E-state index is 2.48. The van der Waals surface area contributed by atoms with Gasteiger partial charge in [0.2, 0.25) is 0 Å². The van der Waals surface area contributed by atoms with Gasteiger partial charge in [0.15, 0.2) is 0 Å². The van der Waals surface area contributed by atoms with Gasteiger partial charge in [-0.2, -0.15) is 0 Å². The van der Waals surface area contributed by atoms with Gasteiger partial charge >= 0.3 is 0 Å². The second-order valence-corrected chi connectivity index (χ2v) is 14.4. The highest BCUT2D eigenvalue weighted by Gasteiger charge is 2.43. The summed E-state index contributed by atoms with van der Waals surface area (Å²) in [6.45, 7) is 4.32. The Balaban J connectivity index is 1.25. The first-order chi connectivity index (χ1) is 26.6. The average Bonchev–Trinajstić information content (AvgIpc) is 3.22. The van der Waals surface area contributed by atoms with Crippen molar-refractivity contribution in [2.45, 2.75) is 13.8 Å². The van der Waals surface area contributed by atoms with Gasteiger partial charge in [0.1, 0.15) is 0 Å². The van der Waals surface area contributed by atoms with Crippen LogP contribution in [0.3, 0.4) is 0 Å². The molecule has 0 unspecified atom stereocenters. The lowest BCUT2D eigenvalue weighted by Crippen LogP contribution is -2.61. The van der Waals surface area contributed by atoms with E-state index in [1.807, 2.05) is 0 Å². The molecule has 0 atom stereocenters. The Morgan fingerprint density at radius 1 is 0.370 bits per heavy atom. The molecule has 0 aromatic heterocycles. The van der Waals surface area contributed by atoms with E-state index in [0.717, 1.165) is 28.4 Å². The van der Waals surface area contributed by atoms with Crippen molar-refractivity contribution in [1.82, 2.24) is 0 Å². The molecule has 10 rings (SSSR count). The van der Waals surface area contributed by atoms with Gasteiger partial charge in [0.25, 0.3) is 6.71 Å². The van der Waals surface area contributed by atoms with E-state index >= 15 is 0 Å². The van der Waals surface area contributed by atoms with Gasteiger partial charge < -0.3 is 14.7 Å². The zero-order chi connectivity index (χ0) is 36.2. The van der Waals surface area contributed by atoms with E-state index in [0.29, 0.717) is 0 Å². The van der Waals surface area contributed by atoms with Crippen molar-refractivity contribution in [2.24, 2.45) is 0 Å². The summed E-state index contributed by atoms with van der Waals surface area (Å²) in [7, 11) is 0. The van der Waals surface area contributed by atoms with E-state index in [-0.39, 0.29) is 6.71 Å². The summed E-state index contributed by atoms with van der Waals surface area (Å²) in [6.07, 6.45) is 0. The molecule has 0 N–H and O–H groups in total. The quantitative estimate of drug-likeness (QED) is 0.161. The molecule has 0 spiro atoms. The van der Waals surface area contributed by atoms with Gasteiger partial charge in [-0.1, -0.05) is 126 Å². The highest BCUT2D eigenvalue weighted by molar-refractivity contribution is 7.00. The molecule has 3 nitrogen and oxygen atoms in total. The zero-order valence-corrected chi connectivity index (χ0v) is 30.4. The molecule has 0 saturated heterocycles. The van der Waals surface area contributed by atoms with Gasteiger partial charge in [-0.3, -0.25) is 0 Å². The smallest absolute Gasteiger partial charge is 0.252 e. The number of hydrogen-bond acceptors (Lipinski definition) is 3. The summed E-state index contributed by atoms with van der Waals surface area (Å²) in [5.41, 5.74) is 19.3. The van der Waals surface area contributed by atoms with Crippen LogP contribution in [0.4, 0.5) is 51.2 Å². The van der Waals surface area contributed by atoms with Crippen LogP contribution >= 0.6 is 0 Å². The molecule has 2 heterocycles. The van der Waals surface area contributed by atoms with Crippen molar-refractivity contribution in [3.05, 3.63) is 205 Å². The second kappa shape index (κ2) is 13.0. The number of benzene rings is 8. The zero-order valence-electron chi connectivity index (χ0n) is 30.4. The molecular formula is C50H38BN3. The summed E-state index contributed by atoms with van der Waals surface area (Å²) in [6, 6.07) is 71.1. The maximum absolute atomic E-state index is 2.48. The normalized spacial score (nSPS) is 12.5. The SMILES string of the molecule is Cc1ccc(-c2ccc3c(c2)B2c4ccc(N(c5ccccc5)c5ccccc5)cc4N(c4ccccc4)c4cccc(c42)N3c2ccc(C)cc2)cc1. The summed E-state index contributed by atoms with van der Waals surface area (Å²) in [5.74, 6) is 0. The van der Waals surface area contributed by atoms with Crippen molar-refractivity contribution < 1.29 is 0 Å². The standard InChI is InChI=1S/C50H38BN3/c1-35-21-25-37(26-22-35)38-27-32-46-45(33-38)51-44-31-30-43(52(39-13-6-3-7-14-39)40-15-8-4-9-16-40)34-49(44)54(41-17-10-5-11-18-41)48-20-12-19-47(50(48)51)53(46)42-28-23-36(2)24-29-42/h3-34H,1-2H3. The number of anilines is 9. The van der Waals surface area contributed by atoms with Crippen molar-refractivity contribution in [2.75, 3.05) is 14.7 Å². The minimum absolute atomic E-state index is 0.0178. The van der Waals surface area contributed by atoms with Crippen LogP contribution in [-0.4, -0.2) is 6.71 Å². The third-order valence-corrected chi connectivity index (χ3v) is 11.0. The molecule has 8 aromatic rings. The third-order valence-electron chi connectivity index (χ3n) is 11.0. The Hall–Kier alpha value is -6.78. The first-order valence-electron chi connectivity index (χ1n) is 18.7. The number of rotatable bonds is 6. The number of fused-ring (bicyclic) bond motifs is 4. The Kier molecular flexibility index (Phi) is 7.69. The van der Waals surface area contributed by atoms with Crippen LogP contribution in [0.1, 0.15) is 11.1 Å². The largest absolute Gasteiger partial charge is 0.311 e. The molecule has 4 heteroatoms. The monoisotopic (exact) mass is 691 g/mol. The van der Waals surface area contributed by atoms with E-state index in [1.165, 1.54) is 61.4 Å². The highest BCUT2D eigenvalue weighted by Crippen LogP contribution is 2.46. The molecule has 2 aliphatic rings. The van der Waals surface area contributed by atoms with Gasteiger partial charge in [-0.25, -0.2) is 0 Å². The van der Waals surface area contributed by atoms with Crippen molar-refractivity contribution in [3.8, 4) is 11.1 Å². The first kappa shape index (κ1) is 31.9.